The number of hydrogen-bond donors (Lipinski definition) is 1. The highest BCUT2D eigenvalue weighted by Crippen LogP contribution is 2.38. The molecule has 0 aliphatic rings. The van der Waals surface area contributed by atoms with E-state index in [9.17, 15) is 22.0 Å². The van der Waals surface area contributed by atoms with Crippen LogP contribution in [0.5, 0.6) is 0 Å². The Bertz CT molecular complexity index is 432. The van der Waals surface area contributed by atoms with Crippen LogP contribution in [0.4, 0.5) is 22.0 Å². The van der Waals surface area contributed by atoms with Gasteiger partial charge in [-0.05, 0) is 13.1 Å². The van der Waals surface area contributed by atoms with Gasteiger partial charge in [-0.2, -0.15) is 13.2 Å². The van der Waals surface area contributed by atoms with Gasteiger partial charge in [0.1, 0.15) is 16.9 Å². The van der Waals surface area contributed by atoms with Crippen molar-refractivity contribution in [1.82, 2.24) is 5.32 Å². The summed E-state index contributed by atoms with van der Waals surface area (Å²) in [4.78, 5) is 0. The lowest BCUT2D eigenvalue weighted by Gasteiger charge is -2.21. The van der Waals surface area contributed by atoms with E-state index in [-0.39, 0.29) is 0 Å². The predicted octanol–water partition coefficient (Wildman–Crippen LogP) is 4.09. The zero-order valence-corrected chi connectivity index (χ0v) is 9.81. The first-order valence-corrected chi connectivity index (χ1v) is 5.02. The molecule has 0 fully saturated rings. The van der Waals surface area contributed by atoms with E-state index < -0.39 is 39.5 Å². The average molecular weight is 294 g/mol. The molecule has 1 atom stereocenters. The molecule has 8 heteroatoms. The summed E-state index contributed by atoms with van der Waals surface area (Å²) in [6, 6.07) is -1.75. The van der Waals surface area contributed by atoms with E-state index in [1.165, 1.54) is 0 Å². The number of hydrogen-bond acceptors (Lipinski definition) is 1. The second-order valence-electron chi connectivity index (χ2n) is 3.15. The quantitative estimate of drug-likeness (QED) is 0.492. The highest BCUT2D eigenvalue weighted by molar-refractivity contribution is 6.35. The fourth-order valence-corrected chi connectivity index (χ4v) is 1.77. The minimum Gasteiger partial charge on any atom is -0.305 e. The fourth-order valence-electron chi connectivity index (χ4n) is 1.30. The maximum absolute atomic E-state index is 13.4. The van der Waals surface area contributed by atoms with Gasteiger partial charge in [0.25, 0.3) is 0 Å². The van der Waals surface area contributed by atoms with E-state index in [2.05, 4.69) is 0 Å². The standard InChI is InChI=1S/C9H6Cl2F5N/c1-17-8(9(14,15)16)3-2-4(10)7(13)5(11)6(3)12/h2,8,17H,1H3. The molecule has 1 rings (SSSR count). The Kier molecular flexibility index (Phi) is 4.22. The molecule has 0 aromatic heterocycles. The molecule has 0 amide bonds. The van der Waals surface area contributed by atoms with E-state index in [0.717, 1.165) is 7.05 Å². The van der Waals surface area contributed by atoms with E-state index in [1.54, 1.807) is 0 Å². The van der Waals surface area contributed by atoms with Crippen molar-refractivity contribution in [1.29, 1.82) is 0 Å². The van der Waals surface area contributed by atoms with Crippen LogP contribution in [-0.2, 0) is 0 Å². The van der Waals surface area contributed by atoms with E-state index in [4.69, 9.17) is 23.2 Å². The second-order valence-corrected chi connectivity index (χ2v) is 3.94. The maximum atomic E-state index is 13.4. The third-order valence-corrected chi connectivity index (χ3v) is 2.66. The molecule has 0 saturated heterocycles. The van der Waals surface area contributed by atoms with E-state index in [0.29, 0.717) is 6.07 Å². The lowest BCUT2D eigenvalue weighted by Crippen LogP contribution is -2.32. The van der Waals surface area contributed by atoms with E-state index in [1.807, 2.05) is 5.32 Å². The van der Waals surface area contributed by atoms with Crippen LogP contribution in [0.25, 0.3) is 0 Å². The first kappa shape index (κ1) is 14.5. The van der Waals surface area contributed by atoms with E-state index >= 15 is 0 Å². The highest BCUT2D eigenvalue weighted by atomic mass is 35.5. The summed E-state index contributed by atoms with van der Waals surface area (Å²) < 4.78 is 64.1. The molecule has 0 heterocycles. The Morgan fingerprint density at radius 3 is 2.12 bits per heavy atom. The van der Waals surface area contributed by atoms with Gasteiger partial charge in [-0.25, -0.2) is 8.78 Å². The minimum atomic E-state index is -4.75. The Balaban J connectivity index is 3.41. The van der Waals surface area contributed by atoms with Gasteiger partial charge >= 0.3 is 6.18 Å². The molecule has 1 aromatic rings. The first-order chi connectivity index (χ1) is 7.70. The van der Waals surface area contributed by atoms with Crippen LogP contribution in [-0.4, -0.2) is 13.2 Å². The van der Waals surface area contributed by atoms with Crippen LogP contribution >= 0.6 is 23.2 Å². The third kappa shape index (κ3) is 2.81. The van der Waals surface area contributed by atoms with Crippen molar-refractivity contribution < 1.29 is 22.0 Å². The lowest BCUT2D eigenvalue weighted by molar-refractivity contribution is -0.156. The van der Waals surface area contributed by atoms with Crippen molar-refractivity contribution >= 4 is 23.2 Å². The van der Waals surface area contributed by atoms with Gasteiger partial charge in [0.2, 0.25) is 0 Å². The number of alkyl halides is 3. The first-order valence-electron chi connectivity index (χ1n) is 4.27. The van der Waals surface area contributed by atoms with Crippen molar-refractivity contribution in [2.75, 3.05) is 7.05 Å². The van der Waals surface area contributed by atoms with Gasteiger partial charge in [0.15, 0.2) is 5.82 Å². The number of halogens is 7. The van der Waals surface area contributed by atoms with Crippen LogP contribution in [0.3, 0.4) is 0 Å². The number of rotatable bonds is 2. The third-order valence-electron chi connectivity index (χ3n) is 2.06. The van der Waals surface area contributed by atoms with Crippen molar-refractivity contribution in [3.05, 3.63) is 33.3 Å². The molecule has 1 nitrogen and oxygen atoms in total. The van der Waals surface area contributed by atoms with Crippen molar-refractivity contribution in [3.8, 4) is 0 Å². The normalized spacial score (nSPS) is 13.9. The smallest absolute Gasteiger partial charge is 0.305 e. The molecule has 0 radical (unpaired) electrons. The van der Waals surface area contributed by atoms with Crippen LogP contribution in [0.15, 0.2) is 6.07 Å². The van der Waals surface area contributed by atoms with Gasteiger partial charge in [0, 0.05) is 5.56 Å². The maximum Gasteiger partial charge on any atom is 0.408 e. The van der Waals surface area contributed by atoms with Gasteiger partial charge in [-0.1, -0.05) is 23.2 Å². The predicted molar refractivity (Wildman–Crippen MR) is 54.2 cm³/mol. The van der Waals surface area contributed by atoms with Crippen molar-refractivity contribution in [2.45, 2.75) is 12.2 Å². The molecular weight excluding hydrogens is 288 g/mol. The molecule has 0 aliphatic heterocycles. The molecule has 1 unspecified atom stereocenters. The van der Waals surface area contributed by atoms with Gasteiger partial charge in [-0.3, -0.25) is 0 Å². The van der Waals surface area contributed by atoms with Crippen molar-refractivity contribution in [2.24, 2.45) is 0 Å². The fraction of sp³-hybridized carbons (Fsp3) is 0.333. The second kappa shape index (κ2) is 4.96. The Hall–Kier alpha value is -0.590. The SMILES string of the molecule is CNC(c1cc(Cl)c(F)c(Cl)c1F)C(F)(F)F. The van der Waals surface area contributed by atoms with Crippen LogP contribution in [0.2, 0.25) is 10.0 Å². The van der Waals surface area contributed by atoms with Crippen LogP contribution < -0.4 is 5.32 Å². The molecule has 0 saturated carbocycles. The molecule has 0 spiro atoms. The van der Waals surface area contributed by atoms with Gasteiger partial charge in [-0.15, -0.1) is 0 Å². The van der Waals surface area contributed by atoms with Crippen LogP contribution in [0, 0.1) is 11.6 Å². The summed E-state index contributed by atoms with van der Waals surface area (Å²) in [7, 11) is 0.989. The Morgan fingerprint density at radius 1 is 1.18 bits per heavy atom. The summed E-state index contributed by atoms with van der Waals surface area (Å²) in [5.41, 5.74) is -0.851. The summed E-state index contributed by atoms with van der Waals surface area (Å²) in [5.74, 6) is -2.77. The molecule has 96 valence electrons. The van der Waals surface area contributed by atoms with Gasteiger partial charge in [0.05, 0.1) is 5.02 Å². The number of nitrogens with one attached hydrogen (secondary N) is 1. The van der Waals surface area contributed by atoms with Crippen LogP contribution in [0.1, 0.15) is 11.6 Å². The molecule has 17 heavy (non-hydrogen) atoms. The molecule has 1 aromatic carbocycles. The van der Waals surface area contributed by atoms with Crippen molar-refractivity contribution in [3.63, 3.8) is 0 Å². The summed E-state index contributed by atoms with van der Waals surface area (Å²) in [6.45, 7) is 0. The summed E-state index contributed by atoms with van der Waals surface area (Å²) >= 11 is 10.5. The lowest BCUT2D eigenvalue weighted by atomic mass is 10.1. The largest absolute Gasteiger partial charge is 0.408 e. The minimum absolute atomic E-state index is 0.562. The zero-order valence-electron chi connectivity index (χ0n) is 8.30. The average Bonchev–Trinajstić information content (AvgIpc) is 2.21. The monoisotopic (exact) mass is 293 g/mol. The topological polar surface area (TPSA) is 12.0 Å². The molecule has 0 bridgehead atoms. The highest BCUT2D eigenvalue weighted by Gasteiger charge is 2.42. The molecular formula is C9H6Cl2F5N. The summed E-state index contributed by atoms with van der Waals surface area (Å²) in [5, 5.41) is 0.139. The Morgan fingerprint density at radius 2 is 1.71 bits per heavy atom. The zero-order chi connectivity index (χ0) is 13.4. The summed E-state index contributed by atoms with van der Waals surface area (Å²) in [6.07, 6.45) is -4.75. The van der Waals surface area contributed by atoms with Gasteiger partial charge < -0.3 is 5.32 Å². The Labute approximate surface area is 104 Å². The number of benzene rings is 1. The molecule has 1 N–H and O–H groups in total. The molecule has 0 aliphatic carbocycles.